The van der Waals surface area contributed by atoms with Crippen LogP contribution in [0.4, 0.5) is 5.69 Å². The lowest BCUT2D eigenvalue weighted by molar-refractivity contribution is -0.122. The molecule has 0 bridgehead atoms. The summed E-state index contributed by atoms with van der Waals surface area (Å²) in [6, 6.07) is 27.9. The number of nitrogens with zero attached hydrogens (tertiary/aromatic N) is 1. The number of fused-ring (bicyclic) bond motifs is 5. The predicted molar refractivity (Wildman–Crippen MR) is 160 cm³/mol. The molecule has 3 aliphatic rings. The van der Waals surface area contributed by atoms with E-state index in [2.05, 4.69) is 21.2 Å². The van der Waals surface area contributed by atoms with E-state index in [0.29, 0.717) is 28.1 Å². The molecular weight excluding hydrogens is 580 g/mol. The van der Waals surface area contributed by atoms with Gasteiger partial charge in [-0.15, -0.1) is 0 Å². The van der Waals surface area contributed by atoms with Crippen LogP contribution in [0.3, 0.4) is 0 Å². The second kappa shape index (κ2) is 9.56. The number of carbonyl (C=O) groups excluding carboxylic acids is 3. The number of Topliss-reactive ketones (excluding diaryl/α,β-unsaturated/α-hetero) is 2. The zero-order valence-electron chi connectivity index (χ0n) is 22.1. The summed E-state index contributed by atoms with van der Waals surface area (Å²) in [6.45, 7) is 0. The zero-order valence-corrected chi connectivity index (χ0v) is 23.7. The highest BCUT2D eigenvalue weighted by Crippen LogP contribution is 2.61. The van der Waals surface area contributed by atoms with Crippen LogP contribution in [-0.2, 0) is 10.2 Å². The monoisotopic (exact) mass is 604 g/mol. The normalized spacial score (nSPS) is 23.5. The summed E-state index contributed by atoms with van der Waals surface area (Å²) in [5.41, 5.74) is 2.59. The highest BCUT2D eigenvalue weighted by atomic mass is 79.9. The molecule has 3 aliphatic heterocycles. The Kier molecular flexibility index (Phi) is 5.94. The maximum absolute atomic E-state index is 14.8. The Morgan fingerprint density at radius 2 is 1.51 bits per heavy atom. The fourth-order valence-corrected chi connectivity index (χ4v) is 7.15. The molecule has 1 saturated heterocycles. The van der Waals surface area contributed by atoms with Crippen LogP contribution in [0.1, 0.15) is 43.4 Å². The van der Waals surface area contributed by atoms with E-state index >= 15 is 0 Å². The Labute approximate surface area is 245 Å². The van der Waals surface area contributed by atoms with E-state index in [0.717, 1.165) is 15.6 Å². The van der Waals surface area contributed by atoms with Crippen LogP contribution in [0.25, 0.3) is 6.08 Å². The van der Waals surface area contributed by atoms with Crippen LogP contribution in [0, 0.1) is 5.92 Å². The van der Waals surface area contributed by atoms with Gasteiger partial charge in [0.05, 0.1) is 19.1 Å². The van der Waals surface area contributed by atoms with Gasteiger partial charge in [-0.1, -0.05) is 70.5 Å². The van der Waals surface area contributed by atoms with Gasteiger partial charge >= 0.3 is 0 Å². The summed E-state index contributed by atoms with van der Waals surface area (Å²) in [7, 11) is 1.57. The number of rotatable bonds is 5. The van der Waals surface area contributed by atoms with Crippen LogP contribution >= 0.6 is 15.9 Å². The van der Waals surface area contributed by atoms with E-state index in [1.807, 2.05) is 77.8 Å². The molecule has 0 radical (unpaired) electrons. The Bertz CT molecular complexity index is 1750. The minimum absolute atomic E-state index is 0.203. The number of hydrogen-bond donors (Lipinski definition) is 1. The average Bonchev–Trinajstić information content (AvgIpc) is 3.48. The second-order valence-electron chi connectivity index (χ2n) is 10.5. The molecule has 0 saturated carbocycles. The van der Waals surface area contributed by atoms with Crippen molar-refractivity contribution in [3.05, 3.63) is 136 Å². The minimum Gasteiger partial charge on any atom is -0.497 e. The van der Waals surface area contributed by atoms with Crippen molar-refractivity contribution in [1.82, 2.24) is 4.90 Å². The number of hydrogen-bond acceptors (Lipinski definition) is 5. The lowest BCUT2D eigenvalue weighted by atomic mass is 9.63. The fourth-order valence-electron chi connectivity index (χ4n) is 6.88. The summed E-state index contributed by atoms with van der Waals surface area (Å²) < 4.78 is 6.17. The van der Waals surface area contributed by atoms with E-state index in [4.69, 9.17) is 4.74 Å². The number of anilines is 1. The molecule has 7 rings (SSSR count). The van der Waals surface area contributed by atoms with E-state index in [-0.39, 0.29) is 17.5 Å². The number of halogens is 1. The molecular formula is C34H25BrN2O4. The molecule has 3 heterocycles. The predicted octanol–water partition coefficient (Wildman–Crippen LogP) is 6.44. The lowest BCUT2D eigenvalue weighted by Crippen LogP contribution is -2.54. The number of ether oxygens (including phenoxy) is 1. The van der Waals surface area contributed by atoms with Crippen molar-refractivity contribution in [3.8, 4) is 5.75 Å². The Hall–Kier alpha value is -4.49. The Morgan fingerprint density at radius 1 is 0.854 bits per heavy atom. The van der Waals surface area contributed by atoms with E-state index in [1.54, 1.807) is 43.5 Å². The SMILES string of the molecule is COc1ccc(C(=O)C2C3c4ccccc4C=CN3C(C(=O)c3ccc(Br)cc3)C23C(=O)Nc2ccccc23)cc1. The third-order valence-corrected chi connectivity index (χ3v) is 9.16. The molecule has 1 spiro atoms. The zero-order chi connectivity index (χ0) is 28.3. The van der Waals surface area contributed by atoms with Crippen molar-refractivity contribution in [2.24, 2.45) is 5.92 Å². The van der Waals surface area contributed by atoms with Gasteiger partial charge in [0.1, 0.15) is 17.2 Å². The molecule has 0 aliphatic carbocycles. The lowest BCUT2D eigenvalue weighted by Gasteiger charge is -2.35. The number of carbonyl (C=O) groups is 3. The molecule has 202 valence electrons. The fraction of sp³-hybridized carbons (Fsp3) is 0.147. The quantitative estimate of drug-likeness (QED) is 0.265. The summed E-state index contributed by atoms with van der Waals surface area (Å²) in [5.74, 6) is -1.03. The highest BCUT2D eigenvalue weighted by molar-refractivity contribution is 9.10. The van der Waals surface area contributed by atoms with Crippen molar-refractivity contribution in [1.29, 1.82) is 0 Å². The Balaban J connectivity index is 1.52. The summed E-state index contributed by atoms with van der Waals surface area (Å²) in [4.78, 5) is 45.8. The van der Waals surface area contributed by atoms with Crippen molar-refractivity contribution in [3.63, 3.8) is 0 Å². The number of amides is 1. The topological polar surface area (TPSA) is 75.7 Å². The van der Waals surface area contributed by atoms with Gasteiger partial charge in [-0.05, 0) is 65.2 Å². The number of methoxy groups -OCH3 is 1. The third-order valence-electron chi connectivity index (χ3n) is 8.63. The van der Waals surface area contributed by atoms with Crippen molar-refractivity contribution in [2.75, 3.05) is 12.4 Å². The van der Waals surface area contributed by atoms with Crippen molar-refractivity contribution < 1.29 is 19.1 Å². The first-order chi connectivity index (χ1) is 19.9. The number of para-hydroxylation sites is 1. The first kappa shape index (κ1) is 25.5. The molecule has 6 nitrogen and oxygen atoms in total. The Morgan fingerprint density at radius 3 is 2.27 bits per heavy atom. The average molecular weight is 605 g/mol. The molecule has 4 atom stereocenters. The van der Waals surface area contributed by atoms with Gasteiger partial charge in [0.15, 0.2) is 11.6 Å². The molecule has 4 aromatic carbocycles. The van der Waals surface area contributed by atoms with Crippen molar-refractivity contribution in [2.45, 2.75) is 17.5 Å². The first-order valence-corrected chi connectivity index (χ1v) is 14.2. The highest BCUT2D eigenvalue weighted by Gasteiger charge is 2.71. The van der Waals surface area contributed by atoms with Gasteiger partial charge < -0.3 is 15.0 Å². The first-order valence-electron chi connectivity index (χ1n) is 13.4. The summed E-state index contributed by atoms with van der Waals surface area (Å²) >= 11 is 3.46. The molecule has 1 amide bonds. The van der Waals surface area contributed by atoms with Crippen molar-refractivity contribution >= 4 is 45.2 Å². The van der Waals surface area contributed by atoms with Crippen LogP contribution in [0.5, 0.6) is 5.75 Å². The second-order valence-corrected chi connectivity index (χ2v) is 11.5. The van der Waals surface area contributed by atoms with Gasteiger partial charge in [0.25, 0.3) is 0 Å². The number of nitrogens with one attached hydrogen (secondary N) is 1. The van der Waals surface area contributed by atoms with Crippen LogP contribution in [0.15, 0.2) is 108 Å². The van der Waals surface area contributed by atoms with Crippen LogP contribution < -0.4 is 10.1 Å². The van der Waals surface area contributed by atoms with E-state index < -0.39 is 23.4 Å². The molecule has 7 heteroatoms. The molecule has 41 heavy (non-hydrogen) atoms. The van der Waals surface area contributed by atoms with Gasteiger partial charge in [-0.2, -0.15) is 0 Å². The molecule has 1 fully saturated rings. The maximum Gasteiger partial charge on any atom is 0.238 e. The smallest absolute Gasteiger partial charge is 0.238 e. The van der Waals surface area contributed by atoms with E-state index in [9.17, 15) is 14.4 Å². The van der Waals surface area contributed by atoms with E-state index in [1.165, 1.54) is 0 Å². The van der Waals surface area contributed by atoms with Crippen LogP contribution in [0.2, 0.25) is 0 Å². The van der Waals surface area contributed by atoms with Gasteiger partial charge in [-0.25, -0.2) is 0 Å². The number of benzene rings is 4. The van der Waals surface area contributed by atoms with Gasteiger partial charge in [0, 0.05) is 27.5 Å². The largest absolute Gasteiger partial charge is 0.497 e. The minimum atomic E-state index is -1.48. The molecule has 0 aromatic heterocycles. The molecule has 4 aromatic rings. The molecule has 1 N–H and O–H groups in total. The standard InChI is InChI=1S/C34H25BrN2O4/c1-41-24-16-12-21(13-17-24)30(38)28-29-25-7-3-2-6-20(25)18-19-37(29)32(31(39)22-10-14-23(35)15-11-22)34(28)26-8-4-5-9-27(26)36-33(34)40/h2-19,28-29,32H,1H3,(H,36,40). The summed E-state index contributed by atoms with van der Waals surface area (Å²) in [6.07, 6.45) is 3.84. The van der Waals surface area contributed by atoms with Gasteiger partial charge in [-0.3, -0.25) is 14.4 Å². The number of ketones is 2. The molecule has 4 unspecified atom stereocenters. The summed E-state index contributed by atoms with van der Waals surface area (Å²) in [5, 5.41) is 3.04. The van der Waals surface area contributed by atoms with Crippen LogP contribution in [-0.4, -0.2) is 35.5 Å². The maximum atomic E-state index is 14.8. The van der Waals surface area contributed by atoms with Gasteiger partial charge in [0.2, 0.25) is 5.91 Å². The third kappa shape index (κ3) is 3.65.